The van der Waals surface area contributed by atoms with Gasteiger partial charge in [0, 0.05) is 39.3 Å². The van der Waals surface area contributed by atoms with Crippen molar-refractivity contribution in [1.29, 1.82) is 0 Å². The summed E-state index contributed by atoms with van der Waals surface area (Å²) in [6.07, 6.45) is 0.319. The summed E-state index contributed by atoms with van der Waals surface area (Å²) in [7, 11) is 1.41. The van der Waals surface area contributed by atoms with Crippen LogP contribution in [0.25, 0.3) is 0 Å². The molecule has 6 nitrogen and oxygen atoms in total. The number of nitrogens with one attached hydrogen (secondary N) is 1. The van der Waals surface area contributed by atoms with E-state index in [0.29, 0.717) is 13.0 Å². The number of aliphatic imine (C=N–C) groups is 1. The van der Waals surface area contributed by atoms with Crippen LogP contribution in [0.2, 0.25) is 0 Å². The first-order valence-corrected chi connectivity index (χ1v) is 8.59. The fraction of sp³-hybridized carbons (Fsp3) is 0.556. The van der Waals surface area contributed by atoms with Gasteiger partial charge < -0.3 is 15.0 Å². The van der Waals surface area contributed by atoms with Crippen LogP contribution in [0.15, 0.2) is 35.3 Å². The average Bonchev–Trinajstić information content (AvgIpc) is 2.62. The van der Waals surface area contributed by atoms with Crippen molar-refractivity contribution in [3.05, 3.63) is 35.9 Å². The molecule has 0 spiro atoms. The van der Waals surface area contributed by atoms with Gasteiger partial charge in [-0.3, -0.25) is 14.7 Å². The number of nitrogens with zero attached hydrogens (tertiary/aromatic N) is 3. The quantitative estimate of drug-likeness (QED) is 0.305. The predicted octanol–water partition coefficient (Wildman–Crippen LogP) is 1.95. The Morgan fingerprint density at radius 1 is 1.20 bits per heavy atom. The van der Waals surface area contributed by atoms with Crippen molar-refractivity contribution < 1.29 is 9.53 Å². The Morgan fingerprint density at radius 3 is 2.48 bits per heavy atom. The van der Waals surface area contributed by atoms with E-state index >= 15 is 0 Å². The van der Waals surface area contributed by atoms with Crippen molar-refractivity contribution in [1.82, 2.24) is 15.1 Å². The molecular weight excluding hydrogens is 431 g/mol. The lowest BCUT2D eigenvalue weighted by molar-refractivity contribution is -0.140. The maximum Gasteiger partial charge on any atom is 0.307 e. The van der Waals surface area contributed by atoms with Gasteiger partial charge in [-0.05, 0) is 12.5 Å². The zero-order chi connectivity index (χ0) is 17.2. The van der Waals surface area contributed by atoms with E-state index in [2.05, 4.69) is 62.1 Å². The first-order chi connectivity index (χ1) is 11.7. The number of hydrogen-bond acceptors (Lipinski definition) is 4. The average molecular weight is 460 g/mol. The van der Waals surface area contributed by atoms with E-state index in [9.17, 15) is 4.79 Å². The number of halogens is 1. The molecule has 0 amide bonds. The maximum atomic E-state index is 11.2. The van der Waals surface area contributed by atoms with Crippen LogP contribution in [0.4, 0.5) is 0 Å². The van der Waals surface area contributed by atoms with E-state index < -0.39 is 0 Å². The van der Waals surface area contributed by atoms with Crippen molar-refractivity contribution in [2.24, 2.45) is 4.99 Å². The molecule has 0 radical (unpaired) electrons. The molecule has 0 atom stereocenters. The molecule has 0 aromatic heterocycles. The zero-order valence-corrected chi connectivity index (χ0v) is 17.4. The van der Waals surface area contributed by atoms with Gasteiger partial charge in [-0.2, -0.15) is 0 Å². The third-order valence-electron chi connectivity index (χ3n) is 4.06. The number of piperazine rings is 1. The van der Waals surface area contributed by atoms with Crippen LogP contribution in [0.1, 0.15) is 18.9 Å². The Labute approximate surface area is 167 Å². The van der Waals surface area contributed by atoms with Crippen LogP contribution >= 0.6 is 24.0 Å². The molecule has 0 aliphatic carbocycles. The number of benzene rings is 1. The molecule has 1 aliphatic heterocycles. The highest BCUT2D eigenvalue weighted by Gasteiger charge is 2.19. The Bertz CT molecular complexity index is 531. The number of carbonyl (C=O) groups is 1. The van der Waals surface area contributed by atoms with Crippen molar-refractivity contribution in [2.45, 2.75) is 19.9 Å². The van der Waals surface area contributed by atoms with Gasteiger partial charge in [0.2, 0.25) is 0 Å². The molecule has 2 rings (SSSR count). The fourth-order valence-electron chi connectivity index (χ4n) is 2.74. The van der Waals surface area contributed by atoms with Crippen LogP contribution in [0, 0.1) is 0 Å². The van der Waals surface area contributed by atoms with Crippen molar-refractivity contribution in [3.63, 3.8) is 0 Å². The molecule has 1 aliphatic rings. The SMILES string of the molecule is CCNC(=NCCC(=O)OC)N1CCN(Cc2ccccc2)CC1.I. The molecular formula is C18H29IN4O2. The summed E-state index contributed by atoms with van der Waals surface area (Å²) < 4.78 is 4.66. The van der Waals surface area contributed by atoms with Crippen LogP contribution in [0.3, 0.4) is 0 Å². The molecule has 1 N–H and O–H groups in total. The number of hydrogen-bond donors (Lipinski definition) is 1. The highest BCUT2D eigenvalue weighted by molar-refractivity contribution is 14.0. The minimum absolute atomic E-state index is 0. The second kappa shape index (κ2) is 12.1. The maximum absolute atomic E-state index is 11.2. The van der Waals surface area contributed by atoms with E-state index in [-0.39, 0.29) is 29.9 Å². The third-order valence-corrected chi connectivity index (χ3v) is 4.06. The van der Waals surface area contributed by atoms with E-state index in [4.69, 9.17) is 0 Å². The van der Waals surface area contributed by atoms with Crippen LogP contribution in [0.5, 0.6) is 0 Å². The van der Waals surface area contributed by atoms with Gasteiger partial charge in [0.05, 0.1) is 20.1 Å². The molecule has 0 unspecified atom stereocenters. The molecule has 0 saturated carbocycles. The highest BCUT2D eigenvalue weighted by Crippen LogP contribution is 2.08. The van der Waals surface area contributed by atoms with Crippen LogP contribution in [-0.4, -0.2) is 68.1 Å². The monoisotopic (exact) mass is 460 g/mol. The Morgan fingerprint density at radius 2 is 1.88 bits per heavy atom. The van der Waals surface area contributed by atoms with Crippen LogP contribution < -0.4 is 5.32 Å². The summed E-state index contributed by atoms with van der Waals surface area (Å²) in [5, 5.41) is 3.31. The predicted molar refractivity (Wildman–Crippen MR) is 111 cm³/mol. The van der Waals surface area contributed by atoms with Gasteiger partial charge in [-0.25, -0.2) is 0 Å². The number of guanidine groups is 1. The van der Waals surface area contributed by atoms with Crippen molar-refractivity contribution in [2.75, 3.05) is 46.4 Å². The number of methoxy groups -OCH3 is 1. The van der Waals surface area contributed by atoms with Crippen molar-refractivity contribution >= 4 is 35.9 Å². The van der Waals surface area contributed by atoms with Crippen molar-refractivity contribution in [3.8, 4) is 0 Å². The summed E-state index contributed by atoms with van der Waals surface area (Å²) in [5.41, 5.74) is 1.35. The Kier molecular flexibility index (Phi) is 10.5. The second-order valence-corrected chi connectivity index (χ2v) is 5.81. The third kappa shape index (κ3) is 7.60. The minimum Gasteiger partial charge on any atom is -0.469 e. The van der Waals surface area contributed by atoms with E-state index in [0.717, 1.165) is 45.2 Å². The summed E-state index contributed by atoms with van der Waals surface area (Å²) in [4.78, 5) is 20.5. The molecule has 25 heavy (non-hydrogen) atoms. The zero-order valence-electron chi connectivity index (χ0n) is 15.1. The lowest BCUT2D eigenvalue weighted by Gasteiger charge is -2.36. The first-order valence-electron chi connectivity index (χ1n) is 8.59. The largest absolute Gasteiger partial charge is 0.469 e. The second-order valence-electron chi connectivity index (χ2n) is 5.81. The number of carbonyl (C=O) groups excluding carboxylic acids is 1. The Balaban J connectivity index is 0.00000312. The van der Waals surface area contributed by atoms with E-state index in [1.807, 2.05) is 0 Å². The highest BCUT2D eigenvalue weighted by atomic mass is 127. The normalized spacial score (nSPS) is 15.4. The fourth-order valence-corrected chi connectivity index (χ4v) is 2.74. The smallest absolute Gasteiger partial charge is 0.307 e. The van der Waals surface area contributed by atoms with Gasteiger partial charge >= 0.3 is 5.97 Å². The molecule has 7 heteroatoms. The standard InChI is InChI=1S/C18H28N4O2.HI/c1-3-19-18(20-10-9-17(23)24-2)22-13-11-21(12-14-22)15-16-7-5-4-6-8-16;/h4-8H,3,9-15H2,1-2H3,(H,19,20);1H. The molecule has 140 valence electrons. The first kappa shape index (κ1) is 21.7. The number of rotatable bonds is 6. The summed E-state index contributed by atoms with van der Waals surface area (Å²) >= 11 is 0. The minimum atomic E-state index is -0.220. The van der Waals surface area contributed by atoms with Gasteiger partial charge in [-0.1, -0.05) is 30.3 Å². The topological polar surface area (TPSA) is 57.2 Å². The molecule has 1 fully saturated rings. The molecule has 1 aromatic rings. The molecule has 1 aromatic carbocycles. The Hall–Kier alpha value is -1.35. The molecule has 1 saturated heterocycles. The molecule has 0 bridgehead atoms. The summed E-state index contributed by atoms with van der Waals surface area (Å²) in [5.74, 6) is 0.669. The van der Waals surface area contributed by atoms with Gasteiger partial charge in [0.25, 0.3) is 0 Å². The van der Waals surface area contributed by atoms with Crippen LogP contribution in [-0.2, 0) is 16.1 Å². The van der Waals surface area contributed by atoms with Gasteiger partial charge in [0.1, 0.15) is 0 Å². The number of esters is 1. The molecule has 1 heterocycles. The lowest BCUT2D eigenvalue weighted by atomic mass is 10.2. The van der Waals surface area contributed by atoms with Gasteiger partial charge in [0.15, 0.2) is 5.96 Å². The summed E-state index contributed by atoms with van der Waals surface area (Å²) in [6, 6.07) is 10.6. The lowest BCUT2D eigenvalue weighted by Crippen LogP contribution is -2.52. The van der Waals surface area contributed by atoms with E-state index in [1.54, 1.807) is 0 Å². The van der Waals surface area contributed by atoms with Gasteiger partial charge in [-0.15, -0.1) is 24.0 Å². The number of ether oxygens (including phenoxy) is 1. The summed E-state index contributed by atoms with van der Waals surface area (Å²) in [6.45, 7) is 8.23. The van der Waals surface area contributed by atoms with E-state index in [1.165, 1.54) is 12.7 Å².